The fourth-order valence-electron chi connectivity index (χ4n) is 4.70. The van der Waals surface area contributed by atoms with Crippen LogP contribution < -0.4 is 5.32 Å². The standard InChI is InChI=1S/C27H27BrN2O5/c1-16-12-19(13-17(2)24(16)28)29-23(31)15-35-27(34)22(14-18-8-4-3-5-9-18)30-25(32)20-10-6-7-11-21(20)26(30)33/h3-9,12-13,20-22H,10-11,14-15H2,1-2H3,(H,29,31)/t20-,21-,22+/m1/s1. The van der Waals surface area contributed by atoms with E-state index in [1.165, 1.54) is 0 Å². The van der Waals surface area contributed by atoms with E-state index in [4.69, 9.17) is 4.74 Å². The third kappa shape index (κ3) is 5.37. The van der Waals surface area contributed by atoms with Crippen LogP contribution in [0.2, 0.25) is 0 Å². The van der Waals surface area contributed by atoms with Crippen LogP contribution in [0.3, 0.4) is 0 Å². The van der Waals surface area contributed by atoms with E-state index in [9.17, 15) is 19.2 Å². The number of hydrogen-bond acceptors (Lipinski definition) is 5. The molecule has 0 radical (unpaired) electrons. The zero-order valence-electron chi connectivity index (χ0n) is 19.6. The predicted molar refractivity (Wildman–Crippen MR) is 134 cm³/mol. The van der Waals surface area contributed by atoms with Crippen molar-refractivity contribution in [2.75, 3.05) is 11.9 Å². The summed E-state index contributed by atoms with van der Waals surface area (Å²) in [6.07, 6.45) is 4.88. The highest BCUT2D eigenvalue weighted by Crippen LogP contribution is 2.36. The maximum absolute atomic E-state index is 13.2. The molecule has 182 valence electrons. The summed E-state index contributed by atoms with van der Waals surface area (Å²) in [5, 5.41) is 2.73. The predicted octanol–water partition coefficient (Wildman–Crippen LogP) is 4.11. The van der Waals surface area contributed by atoms with E-state index in [2.05, 4.69) is 21.2 Å². The van der Waals surface area contributed by atoms with E-state index in [1.54, 1.807) is 0 Å². The first kappa shape index (κ1) is 24.9. The van der Waals surface area contributed by atoms with Crippen LogP contribution >= 0.6 is 15.9 Å². The number of imide groups is 1. The monoisotopic (exact) mass is 538 g/mol. The minimum atomic E-state index is -1.13. The normalized spacial score (nSPS) is 19.9. The van der Waals surface area contributed by atoms with Crippen LogP contribution in [0.25, 0.3) is 0 Å². The number of carbonyl (C=O) groups is 4. The van der Waals surface area contributed by atoms with Gasteiger partial charge in [0, 0.05) is 16.6 Å². The first-order chi connectivity index (χ1) is 16.8. The zero-order chi connectivity index (χ0) is 25.1. The van der Waals surface area contributed by atoms with Crippen LogP contribution in [-0.4, -0.2) is 41.2 Å². The molecule has 3 atom stereocenters. The number of amides is 3. The molecule has 2 aliphatic rings. The van der Waals surface area contributed by atoms with Crippen molar-refractivity contribution in [2.45, 2.75) is 39.2 Å². The second-order valence-electron chi connectivity index (χ2n) is 8.99. The number of rotatable bonds is 7. The highest BCUT2D eigenvalue weighted by atomic mass is 79.9. The van der Waals surface area contributed by atoms with E-state index >= 15 is 0 Å². The Labute approximate surface area is 212 Å². The van der Waals surface area contributed by atoms with Gasteiger partial charge >= 0.3 is 5.97 Å². The van der Waals surface area contributed by atoms with E-state index in [0.717, 1.165) is 26.1 Å². The van der Waals surface area contributed by atoms with Crippen LogP contribution in [0.5, 0.6) is 0 Å². The fourth-order valence-corrected chi connectivity index (χ4v) is 4.93. The Kier molecular flexibility index (Phi) is 7.50. The molecular weight excluding hydrogens is 512 g/mol. The fraction of sp³-hybridized carbons (Fsp3) is 0.333. The molecule has 0 unspecified atom stereocenters. The summed E-state index contributed by atoms with van der Waals surface area (Å²) in [4.78, 5) is 53.0. The maximum atomic E-state index is 13.2. The molecule has 1 aliphatic heterocycles. The van der Waals surface area contributed by atoms with Crippen LogP contribution in [0.4, 0.5) is 5.69 Å². The van der Waals surface area contributed by atoms with Crippen molar-refractivity contribution in [2.24, 2.45) is 11.8 Å². The average molecular weight is 539 g/mol. The molecule has 1 N–H and O–H groups in total. The number of carbonyl (C=O) groups excluding carboxylic acids is 4. The van der Waals surface area contributed by atoms with Gasteiger partial charge in [0.25, 0.3) is 5.91 Å². The van der Waals surface area contributed by atoms with Gasteiger partial charge in [0.05, 0.1) is 11.8 Å². The lowest BCUT2D eigenvalue weighted by Gasteiger charge is -2.25. The third-order valence-electron chi connectivity index (χ3n) is 6.46. The Bertz CT molecular complexity index is 1140. The number of likely N-dealkylation sites (tertiary alicyclic amines) is 1. The average Bonchev–Trinajstić information content (AvgIpc) is 3.10. The number of nitrogens with one attached hydrogen (secondary N) is 1. The summed E-state index contributed by atoms with van der Waals surface area (Å²) in [5.41, 5.74) is 3.30. The van der Waals surface area contributed by atoms with Crippen LogP contribution in [0, 0.1) is 25.7 Å². The second kappa shape index (κ2) is 10.6. The largest absolute Gasteiger partial charge is 0.454 e. The molecule has 8 heteroatoms. The molecule has 2 aromatic rings. The Hall–Kier alpha value is -3.26. The lowest BCUT2D eigenvalue weighted by molar-refractivity contribution is -0.159. The number of hydrogen-bond donors (Lipinski definition) is 1. The molecule has 0 saturated carbocycles. The first-order valence-corrected chi connectivity index (χ1v) is 12.3. The van der Waals surface area contributed by atoms with Crippen molar-refractivity contribution in [3.63, 3.8) is 0 Å². The molecule has 35 heavy (non-hydrogen) atoms. The number of nitrogens with zero attached hydrogens (tertiary/aromatic N) is 1. The smallest absolute Gasteiger partial charge is 0.330 e. The molecule has 4 rings (SSSR count). The van der Waals surface area contributed by atoms with Gasteiger partial charge in [-0.15, -0.1) is 0 Å². The number of halogens is 1. The highest BCUT2D eigenvalue weighted by molar-refractivity contribution is 9.10. The van der Waals surface area contributed by atoms with Gasteiger partial charge in [-0.05, 0) is 55.5 Å². The van der Waals surface area contributed by atoms with Crippen molar-refractivity contribution < 1.29 is 23.9 Å². The quantitative estimate of drug-likeness (QED) is 0.325. The summed E-state index contributed by atoms with van der Waals surface area (Å²) in [6.45, 7) is 3.30. The summed E-state index contributed by atoms with van der Waals surface area (Å²) in [6, 6.07) is 11.6. The number of aryl methyl sites for hydroxylation is 2. The minimum Gasteiger partial charge on any atom is -0.454 e. The van der Waals surface area contributed by atoms with Gasteiger partial charge in [-0.3, -0.25) is 19.3 Å². The van der Waals surface area contributed by atoms with Crippen molar-refractivity contribution in [1.82, 2.24) is 4.90 Å². The van der Waals surface area contributed by atoms with Crippen molar-refractivity contribution in [3.05, 3.63) is 75.8 Å². The third-order valence-corrected chi connectivity index (χ3v) is 7.71. The highest BCUT2D eigenvalue weighted by Gasteiger charge is 2.51. The van der Waals surface area contributed by atoms with Gasteiger partial charge in [0.2, 0.25) is 11.8 Å². The van der Waals surface area contributed by atoms with Crippen molar-refractivity contribution in [1.29, 1.82) is 0 Å². The summed E-state index contributed by atoms with van der Waals surface area (Å²) in [5.74, 6) is -2.90. The van der Waals surface area contributed by atoms with E-state index in [0.29, 0.717) is 18.5 Å². The Morgan fingerprint density at radius 1 is 1.03 bits per heavy atom. The SMILES string of the molecule is Cc1cc(NC(=O)COC(=O)[C@H](Cc2ccccc2)N2C(=O)[C@@H]3CC=CC[C@H]3C2=O)cc(C)c1Br. The zero-order valence-corrected chi connectivity index (χ0v) is 21.2. The number of allylic oxidation sites excluding steroid dienone is 2. The van der Waals surface area contributed by atoms with Crippen LogP contribution in [0.15, 0.2) is 59.1 Å². The molecule has 0 aromatic heterocycles. The van der Waals surface area contributed by atoms with Gasteiger partial charge < -0.3 is 10.1 Å². The number of fused-ring (bicyclic) bond motifs is 1. The van der Waals surface area contributed by atoms with Gasteiger partial charge in [-0.25, -0.2) is 4.79 Å². The molecule has 3 amide bonds. The molecule has 1 fully saturated rings. The molecule has 0 spiro atoms. The second-order valence-corrected chi connectivity index (χ2v) is 9.78. The van der Waals surface area contributed by atoms with Gasteiger partial charge in [0.15, 0.2) is 6.61 Å². The molecule has 1 aliphatic carbocycles. The van der Waals surface area contributed by atoms with Crippen molar-refractivity contribution in [3.8, 4) is 0 Å². The van der Waals surface area contributed by atoms with Gasteiger partial charge in [-0.1, -0.05) is 58.4 Å². The topological polar surface area (TPSA) is 92.8 Å². The molecule has 2 aromatic carbocycles. The molecule has 7 nitrogen and oxygen atoms in total. The summed E-state index contributed by atoms with van der Waals surface area (Å²) < 4.78 is 6.29. The lowest BCUT2D eigenvalue weighted by atomic mass is 9.85. The van der Waals surface area contributed by atoms with Crippen LogP contribution in [-0.2, 0) is 30.3 Å². The molecule has 1 heterocycles. The minimum absolute atomic E-state index is 0.122. The number of ether oxygens (including phenoxy) is 1. The lowest BCUT2D eigenvalue weighted by Crippen LogP contribution is -2.48. The first-order valence-electron chi connectivity index (χ1n) is 11.6. The molecular formula is C27H27BrN2O5. The Balaban J connectivity index is 1.48. The van der Waals surface area contributed by atoms with E-state index in [1.807, 2.05) is 68.5 Å². The van der Waals surface area contributed by atoms with E-state index in [-0.39, 0.29) is 18.2 Å². The van der Waals surface area contributed by atoms with E-state index < -0.39 is 36.4 Å². The Morgan fingerprint density at radius 3 is 2.17 bits per heavy atom. The molecule has 1 saturated heterocycles. The number of esters is 1. The van der Waals surface area contributed by atoms with Gasteiger partial charge in [-0.2, -0.15) is 0 Å². The van der Waals surface area contributed by atoms with Gasteiger partial charge in [0.1, 0.15) is 6.04 Å². The van der Waals surface area contributed by atoms with Crippen LogP contribution in [0.1, 0.15) is 29.5 Å². The maximum Gasteiger partial charge on any atom is 0.330 e. The number of benzene rings is 2. The Morgan fingerprint density at radius 2 is 1.60 bits per heavy atom. The summed E-state index contributed by atoms with van der Waals surface area (Å²) >= 11 is 3.49. The number of anilines is 1. The van der Waals surface area contributed by atoms with Crippen molar-refractivity contribution >= 4 is 45.3 Å². The molecule has 0 bridgehead atoms. The summed E-state index contributed by atoms with van der Waals surface area (Å²) in [7, 11) is 0.